The molecule has 112 valence electrons. The first-order valence-electron chi connectivity index (χ1n) is 7.46. The van der Waals surface area contributed by atoms with E-state index in [2.05, 4.69) is 27.7 Å². The standard InChI is InChI=1S/C15H30N2OS/c1-12(2)9-13(11-16)10-14(18)17-6-5-15(3,4)19-8-7-17/h12-13H,5-11,16H2,1-4H3/t13-/m0/s1. The molecule has 0 radical (unpaired) electrons. The van der Waals surface area contributed by atoms with Gasteiger partial charge in [0.15, 0.2) is 0 Å². The van der Waals surface area contributed by atoms with Crippen LogP contribution in [0.15, 0.2) is 0 Å². The fourth-order valence-corrected chi connectivity index (χ4v) is 3.68. The summed E-state index contributed by atoms with van der Waals surface area (Å²) >= 11 is 1.98. The molecule has 0 aromatic heterocycles. The average Bonchev–Trinajstić information content (AvgIpc) is 2.48. The largest absolute Gasteiger partial charge is 0.342 e. The predicted molar refractivity (Wildman–Crippen MR) is 84.4 cm³/mol. The van der Waals surface area contributed by atoms with Crippen molar-refractivity contribution < 1.29 is 4.79 Å². The van der Waals surface area contributed by atoms with Crippen molar-refractivity contribution in [2.75, 3.05) is 25.4 Å². The Balaban J connectivity index is 2.48. The minimum absolute atomic E-state index is 0.300. The van der Waals surface area contributed by atoms with Crippen LogP contribution in [-0.2, 0) is 4.79 Å². The van der Waals surface area contributed by atoms with Crippen LogP contribution < -0.4 is 5.73 Å². The maximum absolute atomic E-state index is 12.4. The minimum atomic E-state index is 0.300. The van der Waals surface area contributed by atoms with Crippen LogP contribution in [0.2, 0.25) is 0 Å². The summed E-state index contributed by atoms with van der Waals surface area (Å²) in [5.74, 6) is 2.31. The van der Waals surface area contributed by atoms with Gasteiger partial charge in [0, 0.05) is 30.0 Å². The van der Waals surface area contributed by atoms with E-state index < -0.39 is 0 Å². The van der Waals surface area contributed by atoms with Crippen LogP contribution in [0.1, 0.15) is 47.0 Å². The molecule has 19 heavy (non-hydrogen) atoms. The van der Waals surface area contributed by atoms with E-state index in [1.165, 1.54) is 0 Å². The topological polar surface area (TPSA) is 46.3 Å². The van der Waals surface area contributed by atoms with E-state index in [1.54, 1.807) is 0 Å². The van der Waals surface area contributed by atoms with Crippen LogP contribution in [-0.4, -0.2) is 40.9 Å². The lowest BCUT2D eigenvalue weighted by atomic mass is 9.93. The van der Waals surface area contributed by atoms with Gasteiger partial charge in [0.05, 0.1) is 0 Å². The molecule has 1 heterocycles. The fraction of sp³-hybridized carbons (Fsp3) is 0.933. The highest BCUT2D eigenvalue weighted by molar-refractivity contribution is 8.00. The van der Waals surface area contributed by atoms with Crippen molar-refractivity contribution in [2.24, 2.45) is 17.6 Å². The Kier molecular flexibility index (Phi) is 6.67. The van der Waals surface area contributed by atoms with Crippen LogP contribution in [0.5, 0.6) is 0 Å². The van der Waals surface area contributed by atoms with Gasteiger partial charge in [-0.05, 0) is 31.2 Å². The number of thioether (sulfide) groups is 1. The van der Waals surface area contributed by atoms with Crippen LogP contribution >= 0.6 is 11.8 Å². The molecule has 1 amide bonds. The van der Waals surface area contributed by atoms with E-state index in [-0.39, 0.29) is 0 Å². The number of hydrogen-bond donors (Lipinski definition) is 1. The lowest BCUT2D eigenvalue weighted by Gasteiger charge is -2.25. The van der Waals surface area contributed by atoms with Crippen LogP contribution in [0, 0.1) is 11.8 Å². The molecule has 2 N–H and O–H groups in total. The molecule has 1 aliphatic rings. The summed E-state index contributed by atoms with van der Waals surface area (Å²) in [4.78, 5) is 14.4. The lowest BCUT2D eigenvalue weighted by Crippen LogP contribution is -2.36. The molecule has 1 fully saturated rings. The van der Waals surface area contributed by atoms with E-state index in [0.29, 0.717) is 35.5 Å². The summed E-state index contributed by atoms with van der Waals surface area (Å²) < 4.78 is 0.306. The molecule has 3 nitrogen and oxygen atoms in total. The molecular formula is C15H30N2OS. The normalized spacial score (nSPS) is 21.3. The van der Waals surface area contributed by atoms with Gasteiger partial charge in [-0.3, -0.25) is 4.79 Å². The van der Waals surface area contributed by atoms with Crippen LogP contribution in [0.25, 0.3) is 0 Å². The minimum Gasteiger partial charge on any atom is -0.342 e. The Bertz CT molecular complexity index is 292. The van der Waals surface area contributed by atoms with E-state index in [0.717, 1.165) is 31.7 Å². The molecule has 0 aliphatic carbocycles. The Hall–Kier alpha value is -0.220. The number of hydrogen-bond acceptors (Lipinski definition) is 3. The van der Waals surface area contributed by atoms with Crippen molar-refractivity contribution in [1.82, 2.24) is 4.90 Å². The number of rotatable bonds is 5. The third-order valence-corrected chi connectivity index (χ3v) is 5.16. The maximum atomic E-state index is 12.4. The van der Waals surface area contributed by atoms with Gasteiger partial charge in [0.2, 0.25) is 5.91 Å². The number of nitrogens with zero attached hydrogens (tertiary/aromatic N) is 1. The van der Waals surface area contributed by atoms with E-state index in [4.69, 9.17) is 5.73 Å². The molecule has 1 rings (SSSR count). The van der Waals surface area contributed by atoms with E-state index in [9.17, 15) is 4.79 Å². The second kappa shape index (κ2) is 7.53. The van der Waals surface area contributed by atoms with Crippen molar-refractivity contribution in [1.29, 1.82) is 0 Å². The van der Waals surface area contributed by atoms with Crippen molar-refractivity contribution >= 4 is 17.7 Å². The van der Waals surface area contributed by atoms with E-state index in [1.807, 2.05) is 16.7 Å². The van der Waals surface area contributed by atoms with Gasteiger partial charge in [-0.1, -0.05) is 27.7 Å². The summed E-state index contributed by atoms with van der Waals surface area (Å²) in [7, 11) is 0. The highest BCUT2D eigenvalue weighted by Gasteiger charge is 2.26. The third-order valence-electron chi connectivity index (χ3n) is 3.79. The zero-order valence-corrected chi connectivity index (χ0v) is 13.8. The summed E-state index contributed by atoms with van der Waals surface area (Å²) in [6.45, 7) is 11.3. The first-order chi connectivity index (χ1) is 8.84. The maximum Gasteiger partial charge on any atom is 0.222 e. The molecule has 0 aromatic rings. The quantitative estimate of drug-likeness (QED) is 0.845. The summed E-state index contributed by atoms with van der Waals surface area (Å²) in [5.41, 5.74) is 5.80. The van der Waals surface area contributed by atoms with Gasteiger partial charge in [-0.15, -0.1) is 0 Å². The SMILES string of the molecule is CC(C)C[C@H](CN)CC(=O)N1CCSC(C)(C)CC1. The first-order valence-corrected chi connectivity index (χ1v) is 8.44. The molecule has 0 unspecified atom stereocenters. The Morgan fingerprint density at radius 2 is 2.05 bits per heavy atom. The first kappa shape index (κ1) is 16.8. The summed E-state index contributed by atoms with van der Waals surface area (Å²) in [6, 6.07) is 0. The fourth-order valence-electron chi connectivity index (χ4n) is 2.58. The van der Waals surface area contributed by atoms with Crippen molar-refractivity contribution in [3.8, 4) is 0 Å². The van der Waals surface area contributed by atoms with Gasteiger partial charge in [0.1, 0.15) is 0 Å². The molecule has 0 saturated carbocycles. The predicted octanol–water partition coefficient (Wildman–Crippen LogP) is 2.74. The molecule has 1 saturated heterocycles. The number of carbonyl (C=O) groups is 1. The second-order valence-corrected chi connectivity index (χ2v) is 8.48. The lowest BCUT2D eigenvalue weighted by molar-refractivity contribution is -0.132. The number of carbonyl (C=O) groups excluding carboxylic acids is 1. The zero-order chi connectivity index (χ0) is 14.5. The zero-order valence-electron chi connectivity index (χ0n) is 12.9. The number of nitrogens with two attached hydrogens (primary N) is 1. The monoisotopic (exact) mass is 286 g/mol. The van der Waals surface area contributed by atoms with Gasteiger partial charge in [-0.2, -0.15) is 11.8 Å². The summed E-state index contributed by atoms with van der Waals surface area (Å²) in [5, 5.41) is 0. The Morgan fingerprint density at radius 1 is 1.37 bits per heavy atom. The van der Waals surface area contributed by atoms with Gasteiger partial charge in [0.25, 0.3) is 0 Å². The van der Waals surface area contributed by atoms with Gasteiger partial charge in [-0.25, -0.2) is 0 Å². The smallest absolute Gasteiger partial charge is 0.222 e. The Morgan fingerprint density at radius 3 is 2.63 bits per heavy atom. The molecule has 0 aromatic carbocycles. The van der Waals surface area contributed by atoms with Crippen LogP contribution in [0.4, 0.5) is 0 Å². The highest BCUT2D eigenvalue weighted by atomic mass is 32.2. The molecule has 1 aliphatic heterocycles. The van der Waals surface area contributed by atoms with Crippen molar-refractivity contribution in [2.45, 2.75) is 51.7 Å². The summed E-state index contributed by atoms with van der Waals surface area (Å²) in [6.07, 6.45) is 2.76. The highest BCUT2D eigenvalue weighted by Crippen LogP contribution is 2.31. The van der Waals surface area contributed by atoms with E-state index >= 15 is 0 Å². The molecule has 4 heteroatoms. The second-order valence-electron chi connectivity index (χ2n) is 6.67. The molecule has 0 bridgehead atoms. The van der Waals surface area contributed by atoms with Crippen LogP contribution in [0.3, 0.4) is 0 Å². The Labute approximate surface area is 122 Å². The molecule has 0 spiro atoms. The molecule has 1 atom stereocenters. The average molecular weight is 286 g/mol. The third kappa shape index (κ3) is 6.17. The van der Waals surface area contributed by atoms with Crippen molar-refractivity contribution in [3.05, 3.63) is 0 Å². The van der Waals surface area contributed by atoms with Gasteiger partial charge < -0.3 is 10.6 Å². The number of amides is 1. The van der Waals surface area contributed by atoms with Gasteiger partial charge >= 0.3 is 0 Å². The van der Waals surface area contributed by atoms with Crippen molar-refractivity contribution in [3.63, 3.8) is 0 Å². The molecular weight excluding hydrogens is 256 g/mol.